The van der Waals surface area contributed by atoms with Crippen molar-refractivity contribution in [1.82, 2.24) is 4.98 Å². The van der Waals surface area contributed by atoms with Crippen LogP contribution in [0.2, 0.25) is 0 Å². The Morgan fingerprint density at radius 3 is 2.96 bits per heavy atom. The van der Waals surface area contributed by atoms with E-state index in [1.165, 1.54) is 11.8 Å². The summed E-state index contributed by atoms with van der Waals surface area (Å²) in [6.45, 7) is 0.221. The number of rotatable bonds is 5. The van der Waals surface area contributed by atoms with Gasteiger partial charge in [-0.1, -0.05) is 30.2 Å². The van der Waals surface area contributed by atoms with E-state index in [2.05, 4.69) is 17.0 Å². The average Bonchev–Trinajstić information content (AvgIpc) is 3.02. The highest BCUT2D eigenvalue weighted by Crippen LogP contribution is 2.34. The molecular formula is C19H12N2OS2. The fraction of sp³-hybridized carbons (Fsp3) is 0.0526. The summed E-state index contributed by atoms with van der Waals surface area (Å²) in [6.07, 6.45) is 7.01. The van der Waals surface area contributed by atoms with Crippen molar-refractivity contribution in [2.45, 2.75) is 4.34 Å². The Kier molecular flexibility index (Phi) is 5.18. The van der Waals surface area contributed by atoms with Gasteiger partial charge in [0.05, 0.1) is 15.1 Å². The van der Waals surface area contributed by atoms with Crippen LogP contribution in [0.5, 0.6) is 5.75 Å². The summed E-state index contributed by atoms with van der Waals surface area (Å²) in [7, 11) is 0. The smallest absolute Gasteiger partial charge is 0.156 e. The number of terminal acetylenes is 1. The summed E-state index contributed by atoms with van der Waals surface area (Å²) >= 11 is 2.95. The van der Waals surface area contributed by atoms with Gasteiger partial charge in [0.1, 0.15) is 18.4 Å². The molecule has 0 aliphatic heterocycles. The van der Waals surface area contributed by atoms with Crippen LogP contribution >= 0.6 is 23.1 Å². The molecule has 0 aliphatic rings. The quantitative estimate of drug-likeness (QED) is 0.371. The Labute approximate surface area is 148 Å². The molecule has 3 rings (SSSR count). The zero-order valence-corrected chi connectivity index (χ0v) is 14.2. The maximum Gasteiger partial charge on any atom is 0.156 e. The summed E-state index contributed by atoms with van der Waals surface area (Å²) in [5.41, 5.74) is 1.83. The molecule has 0 saturated heterocycles. The first-order valence-corrected chi connectivity index (χ1v) is 8.73. The third-order valence-corrected chi connectivity index (χ3v) is 5.09. The van der Waals surface area contributed by atoms with E-state index in [0.717, 1.165) is 20.1 Å². The Hall–Kier alpha value is -2.73. The average molecular weight is 348 g/mol. The number of allylic oxidation sites excluding steroid dienone is 1. The first kappa shape index (κ1) is 16.1. The number of nitrogens with zero attached hydrogens (tertiary/aromatic N) is 2. The molecule has 1 heterocycles. The maximum atomic E-state index is 9.41. The summed E-state index contributed by atoms with van der Waals surface area (Å²) in [6, 6.07) is 17.6. The maximum absolute atomic E-state index is 9.41. The van der Waals surface area contributed by atoms with Gasteiger partial charge in [0.2, 0.25) is 0 Å². The first-order chi connectivity index (χ1) is 11.8. The van der Waals surface area contributed by atoms with Crippen LogP contribution < -0.4 is 4.74 Å². The lowest BCUT2D eigenvalue weighted by molar-refractivity contribution is 0.370. The minimum absolute atomic E-state index is 0.221. The highest BCUT2D eigenvalue weighted by molar-refractivity contribution is 8.05. The number of aromatic nitrogens is 1. The second kappa shape index (κ2) is 7.70. The summed E-state index contributed by atoms with van der Waals surface area (Å²) < 4.78 is 7.37. The predicted octanol–water partition coefficient (Wildman–Crippen LogP) is 4.97. The Balaban J connectivity index is 1.82. The van der Waals surface area contributed by atoms with Crippen molar-refractivity contribution >= 4 is 39.4 Å². The lowest BCUT2D eigenvalue weighted by Gasteiger charge is -2.03. The van der Waals surface area contributed by atoms with E-state index >= 15 is 0 Å². The van der Waals surface area contributed by atoms with Crippen LogP contribution in [0, 0.1) is 23.7 Å². The van der Waals surface area contributed by atoms with E-state index in [-0.39, 0.29) is 6.61 Å². The van der Waals surface area contributed by atoms with Crippen molar-refractivity contribution in [3.63, 3.8) is 0 Å². The van der Waals surface area contributed by atoms with Crippen LogP contribution in [0.1, 0.15) is 5.56 Å². The molecule has 1 aromatic heterocycles. The first-order valence-electron chi connectivity index (χ1n) is 7.10. The minimum Gasteiger partial charge on any atom is -0.481 e. The van der Waals surface area contributed by atoms with Gasteiger partial charge in [-0.05, 0) is 47.7 Å². The van der Waals surface area contributed by atoms with Crippen molar-refractivity contribution in [1.29, 1.82) is 5.26 Å². The molecule has 0 aliphatic carbocycles. The normalized spacial score (nSPS) is 11.0. The lowest BCUT2D eigenvalue weighted by atomic mass is 10.2. The fourth-order valence-corrected chi connectivity index (χ4v) is 4.02. The van der Waals surface area contributed by atoms with Crippen LogP contribution in [0.25, 0.3) is 16.3 Å². The molecule has 2 aromatic carbocycles. The zero-order valence-electron chi connectivity index (χ0n) is 12.6. The molecule has 3 nitrogen and oxygen atoms in total. The van der Waals surface area contributed by atoms with Crippen molar-refractivity contribution in [2.24, 2.45) is 0 Å². The topological polar surface area (TPSA) is 45.9 Å². The molecule has 0 bridgehead atoms. The van der Waals surface area contributed by atoms with E-state index in [1.807, 2.05) is 54.6 Å². The molecular weight excluding hydrogens is 336 g/mol. The number of thiazole rings is 1. The van der Waals surface area contributed by atoms with Gasteiger partial charge < -0.3 is 4.74 Å². The number of hydrogen-bond acceptors (Lipinski definition) is 5. The van der Waals surface area contributed by atoms with E-state index in [4.69, 9.17) is 11.2 Å². The van der Waals surface area contributed by atoms with E-state index in [0.29, 0.717) is 10.7 Å². The molecule has 116 valence electrons. The number of benzene rings is 2. The highest BCUT2D eigenvalue weighted by Gasteiger charge is 2.07. The molecule has 3 aromatic rings. The zero-order chi connectivity index (χ0) is 16.8. The highest BCUT2D eigenvalue weighted by atomic mass is 32.2. The van der Waals surface area contributed by atoms with Gasteiger partial charge in [-0.3, -0.25) is 0 Å². The van der Waals surface area contributed by atoms with Gasteiger partial charge in [-0.15, -0.1) is 17.8 Å². The van der Waals surface area contributed by atoms with Gasteiger partial charge in [-0.25, -0.2) is 4.98 Å². The van der Waals surface area contributed by atoms with E-state index in [9.17, 15) is 5.26 Å². The number of para-hydroxylation sites is 1. The van der Waals surface area contributed by atoms with Gasteiger partial charge in [0, 0.05) is 0 Å². The minimum atomic E-state index is 0.221. The van der Waals surface area contributed by atoms with Gasteiger partial charge >= 0.3 is 0 Å². The molecule has 0 atom stereocenters. The molecule has 0 fully saturated rings. The van der Waals surface area contributed by atoms with Gasteiger partial charge in [0.25, 0.3) is 0 Å². The molecule has 0 saturated carbocycles. The van der Waals surface area contributed by atoms with Crippen molar-refractivity contribution in [2.75, 3.05) is 6.61 Å². The fourth-order valence-electron chi connectivity index (χ4n) is 2.04. The SMILES string of the molecule is C#CCOc1cccc(/C=C(\C#N)Sc2nc3ccccc3s2)c1. The van der Waals surface area contributed by atoms with Crippen molar-refractivity contribution in [3.8, 4) is 24.2 Å². The summed E-state index contributed by atoms with van der Waals surface area (Å²) in [4.78, 5) is 5.12. The van der Waals surface area contributed by atoms with Crippen LogP contribution in [-0.2, 0) is 0 Å². The molecule has 0 amide bonds. The predicted molar refractivity (Wildman–Crippen MR) is 99.8 cm³/mol. The number of fused-ring (bicyclic) bond motifs is 1. The van der Waals surface area contributed by atoms with Crippen molar-refractivity contribution < 1.29 is 4.74 Å². The van der Waals surface area contributed by atoms with Crippen LogP contribution in [0.3, 0.4) is 0 Å². The largest absolute Gasteiger partial charge is 0.481 e. The van der Waals surface area contributed by atoms with Crippen LogP contribution in [0.15, 0.2) is 57.8 Å². The summed E-state index contributed by atoms with van der Waals surface area (Å²) in [5, 5.41) is 9.41. The molecule has 0 unspecified atom stereocenters. The Morgan fingerprint density at radius 2 is 2.17 bits per heavy atom. The molecule has 0 N–H and O–H groups in total. The third-order valence-electron chi connectivity index (χ3n) is 3.06. The van der Waals surface area contributed by atoms with E-state index < -0.39 is 0 Å². The Morgan fingerprint density at radius 1 is 1.29 bits per heavy atom. The van der Waals surface area contributed by atoms with Gasteiger partial charge in [-0.2, -0.15) is 5.26 Å². The van der Waals surface area contributed by atoms with Crippen LogP contribution in [-0.4, -0.2) is 11.6 Å². The number of hydrogen-bond donors (Lipinski definition) is 0. The van der Waals surface area contributed by atoms with Gasteiger partial charge in [0.15, 0.2) is 4.34 Å². The second-order valence-corrected chi connectivity index (χ2v) is 7.05. The number of nitriles is 1. The molecule has 24 heavy (non-hydrogen) atoms. The lowest BCUT2D eigenvalue weighted by Crippen LogP contribution is -1.93. The monoisotopic (exact) mass is 348 g/mol. The van der Waals surface area contributed by atoms with Crippen molar-refractivity contribution in [3.05, 3.63) is 59.0 Å². The molecule has 5 heteroatoms. The number of thioether (sulfide) groups is 1. The third kappa shape index (κ3) is 3.97. The number of ether oxygens (including phenoxy) is 1. The standard InChI is InChI=1S/C19H12N2OS2/c1-2-10-22-15-7-5-6-14(11-15)12-16(13-20)23-19-21-17-8-3-4-9-18(17)24-19/h1,3-9,11-12H,10H2/b16-12+. The molecule has 0 radical (unpaired) electrons. The summed E-state index contributed by atoms with van der Waals surface area (Å²) in [5.74, 6) is 3.12. The van der Waals surface area contributed by atoms with Crippen LogP contribution in [0.4, 0.5) is 0 Å². The molecule has 0 spiro atoms. The van der Waals surface area contributed by atoms with E-state index in [1.54, 1.807) is 11.3 Å². The Bertz CT molecular complexity index is 944. The second-order valence-electron chi connectivity index (χ2n) is 4.74.